The van der Waals surface area contributed by atoms with Crippen molar-refractivity contribution >= 4 is 29.4 Å². The van der Waals surface area contributed by atoms with Gasteiger partial charge in [0.2, 0.25) is 5.91 Å². The first-order chi connectivity index (χ1) is 19.6. The number of hydrogen-bond donors (Lipinski definition) is 1. The van der Waals surface area contributed by atoms with Crippen molar-refractivity contribution in [1.82, 2.24) is 5.32 Å². The van der Waals surface area contributed by atoms with E-state index in [1.807, 2.05) is 107 Å². The first-order valence-corrected chi connectivity index (χ1v) is 14.7. The van der Waals surface area contributed by atoms with Crippen LogP contribution in [0.25, 0.3) is 0 Å². The Labute approximate surface area is 247 Å². The van der Waals surface area contributed by atoms with Crippen molar-refractivity contribution in [2.24, 2.45) is 0 Å². The highest BCUT2D eigenvalue weighted by Gasteiger charge is 2.39. The predicted molar refractivity (Wildman–Crippen MR) is 169 cm³/mol. The number of ether oxygens (including phenoxy) is 1. The van der Waals surface area contributed by atoms with Crippen LogP contribution in [0.15, 0.2) is 115 Å². The van der Waals surface area contributed by atoms with E-state index in [9.17, 15) is 9.59 Å². The van der Waals surface area contributed by atoms with E-state index in [0.717, 1.165) is 27.9 Å². The quantitative estimate of drug-likeness (QED) is 0.212. The summed E-state index contributed by atoms with van der Waals surface area (Å²) in [6, 6.07) is 37.8. The highest BCUT2D eigenvalue weighted by atomic mass is 32.2. The Bertz CT molecular complexity index is 1340. The van der Waals surface area contributed by atoms with Crippen LogP contribution < -0.4 is 10.2 Å². The van der Waals surface area contributed by atoms with Crippen molar-refractivity contribution < 1.29 is 14.3 Å². The Balaban J connectivity index is 1.77. The fourth-order valence-corrected chi connectivity index (χ4v) is 6.35. The SMILES string of the molecule is Cc1cccc(N(C)C(=O)[C@H](CSC(c2ccccc2)(c2ccccc2)c2ccccc2)NC(=O)OC(C)(C)C)c1. The molecule has 0 aliphatic carbocycles. The van der Waals surface area contributed by atoms with Crippen LogP contribution in [0.2, 0.25) is 0 Å². The molecule has 0 aliphatic heterocycles. The van der Waals surface area contributed by atoms with Gasteiger partial charge in [-0.05, 0) is 62.1 Å². The second-order valence-corrected chi connectivity index (χ2v) is 12.3. The van der Waals surface area contributed by atoms with Gasteiger partial charge in [0, 0.05) is 18.5 Å². The number of anilines is 1. The van der Waals surface area contributed by atoms with Crippen LogP contribution in [0.3, 0.4) is 0 Å². The minimum Gasteiger partial charge on any atom is -0.444 e. The van der Waals surface area contributed by atoms with Crippen molar-refractivity contribution in [3.05, 3.63) is 138 Å². The lowest BCUT2D eigenvalue weighted by Gasteiger charge is -2.37. The van der Waals surface area contributed by atoms with Gasteiger partial charge < -0.3 is 15.0 Å². The molecule has 0 saturated carbocycles. The van der Waals surface area contributed by atoms with Gasteiger partial charge in [0.25, 0.3) is 0 Å². The molecule has 4 aromatic carbocycles. The molecule has 0 heterocycles. The summed E-state index contributed by atoms with van der Waals surface area (Å²) in [5.74, 6) is 0.0736. The van der Waals surface area contributed by atoms with E-state index in [0.29, 0.717) is 5.75 Å². The van der Waals surface area contributed by atoms with Crippen LogP contribution >= 0.6 is 11.8 Å². The maximum absolute atomic E-state index is 14.0. The summed E-state index contributed by atoms with van der Waals surface area (Å²) in [6.07, 6.45) is -0.626. The fourth-order valence-electron chi connectivity index (χ4n) is 4.80. The van der Waals surface area contributed by atoms with Gasteiger partial charge in [0.05, 0.1) is 4.75 Å². The van der Waals surface area contributed by atoms with Crippen LogP contribution in [-0.2, 0) is 14.3 Å². The number of alkyl carbamates (subject to hydrolysis) is 1. The molecule has 212 valence electrons. The summed E-state index contributed by atoms with van der Waals surface area (Å²) < 4.78 is 4.94. The number of benzene rings is 4. The molecule has 0 bridgehead atoms. The molecule has 0 aliphatic rings. The standard InChI is InChI=1S/C35H38N2O3S/c1-26-16-15-23-30(24-26)37(5)32(38)31(36-33(39)40-34(2,3)4)25-41-35(27-17-9-6-10-18-27,28-19-11-7-12-20-28)29-21-13-8-14-22-29/h6-24,31H,25H2,1-5H3,(H,36,39)/t31-/m0/s1. The Morgan fingerprint density at radius 1 is 0.780 bits per heavy atom. The third kappa shape index (κ3) is 7.39. The fraction of sp³-hybridized carbons (Fsp3) is 0.257. The third-order valence-electron chi connectivity index (χ3n) is 6.72. The lowest BCUT2D eigenvalue weighted by molar-refractivity contribution is -0.119. The molecule has 0 aromatic heterocycles. The summed E-state index contributed by atoms with van der Waals surface area (Å²) >= 11 is 1.62. The molecule has 4 rings (SSSR count). The molecule has 0 unspecified atom stereocenters. The minimum absolute atomic E-state index is 0.225. The number of nitrogens with zero attached hydrogens (tertiary/aromatic N) is 1. The van der Waals surface area contributed by atoms with Crippen LogP contribution in [0.5, 0.6) is 0 Å². The highest BCUT2D eigenvalue weighted by molar-refractivity contribution is 8.00. The number of aryl methyl sites for hydroxylation is 1. The number of rotatable bonds is 9. The second-order valence-electron chi connectivity index (χ2n) is 11.0. The molecule has 2 amide bonds. The molecule has 1 atom stereocenters. The van der Waals surface area contributed by atoms with E-state index in [4.69, 9.17) is 4.74 Å². The molecule has 0 fully saturated rings. The largest absolute Gasteiger partial charge is 0.444 e. The van der Waals surface area contributed by atoms with E-state index in [-0.39, 0.29) is 5.91 Å². The summed E-state index contributed by atoms with van der Waals surface area (Å²) in [5, 5.41) is 2.89. The van der Waals surface area contributed by atoms with Crippen molar-refractivity contribution in [3.63, 3.8) is 0 Å². The van der Waals surface area contributed by atoms with Gasteiger partial charge >= 0.3 is 6.09 Å². The average Bonchev–Trinajstić information content (AvgIpc) is 2.97. The predicted octanol–water partition coefficient (Wildman–Crippen LogP) is 7.58. The summed E-state index contributed by atoms with van der Waals surface area (Å²) in [5.41, 5.74) is 4.35. The number of likely N-dealkylation sites (N-methyl/N-ethyl adjacent to an activating group) is 1. The Hall–Kier alpha value is -4.03. The third-order valence-corrected chi connectivity index (χ3v) is 8.36. The average molecular weight is 567 g/mol. The first kappa shape index (κ1) is 29.9. The number of carbonyl (C=O) groups is 2. The molecule has 5 nitrogen and oxygen atoms in total. The summed E-state index contributed by atoms with van der Waals surface area (Å²) in [6.45, 7) is 7.41. The maximum atomic E-state index is 14.0. The molecule has 1 N–H and O–H groups in total. The van der Waals surface area contributed by atoms with Crippen LogP contribution in [-0.4, -0.2) is 36.4 Å². The Morgan fingerprint density at radius 3 is 1.71 bits per heavy atom. The normalized spacial score (nSPS) is 12.3. The lowest BCUT2D eigenvalue weighted by atomic mass is 9.84. The molecular formula is C35H38N2O3S. The lowest BCUT2D eigenvalue weighted by Crippen LogP contribution is -2.50. The van der Waals surface area contributed by atoms with Crippen LogP contribution in [0.1, 0.15) is 43.0 Å². The number of carbonyl (C=O) groups excluding carboxylic acids is 2. The van der Waals surface area contributed by atoms with Crippen molar-refractivity contribution in [2.75, 3.05) is 17.7 Å². The number of thioether (sulfide) groups is 1. The van der Waals surface area contributed by atoms with Gasteiger partial charge in [0.15, 0.2) is 0 Å². The topological polar surface area (TPSA) is 58.6 Å². The minimum atomic E-state index is -0.851. The van der Waals surface area contributed by atoms with Gasteiger partial charge in [-0.3, -0.25) is 4.79 Å². The molecule has 0 radical (unpaired) electrons. The van der Waals surface area contributed by atoms with Crippen molar-refractivity contribution in [1.29, 1.82) is 0 Å². The Kier molecular flexibility index (Phi) is 9.56. The van der Waals surface area contributed by atoms with E-state index in [1.165, 1.54) is 0 Å². The summed E-state index contributed by atoms with van der Waals surface area (Å²) in [4.78, 5) is 28.6. The van der Waals surface area contributed by atoms with Gasteiger partial charge in [-0.15, -0.1) is 11.8 Å². The molecular weight excluding hydrogens is 528 g/mol. The smallest absolute Gasteiger partial charge is 0.408 e. The molecule has 0 saturated heterocycles. The second kappa shape index (κ2) is 13.1. The van der Waals surface area contributed by atoms with E-state index >= 15 is 0 Å². The van der Waals surface area contributed by atoms with Crippen molar-refractivity contribution in [2.45, 2.75) is 44.1 Å². The van der Waals surface area contributed by atoms with Gasteiger partial charge in [-0.1, -0.05) is 103 Å². The van der Waals surface area contributed by atoms with Crippen molar-refractivity contribution in [3.8, 4) is 0 Å². The molecule has 0 spiro atoms. The zero-order valence-corrected chi connectivity index (χ0v) is 25.2. The van der Waals surface area contributed by atoms with Crippen LogP contribution in [0, 0.1) is 6.92 Å². The van der Waals surface area contributed by atoms with Gasteiger partial charge in [0.1, 0.15) is 11.6 Å². The Morgan fingerprint density at radius 2 is 1.27 bits per heavy atom. The number of amides is 2. The van der Waals surface area contributed by atoms with E-state index < -0.39 is 22.5 Å². The molecule has 41 heavy (non-hydrogen) atoms. The molecule has 6 heteroatoms. The maximum Gasteiger partial charge on any atom is 0.408 e. The van der Waals surface area contributed by atoms with Gasteiger partial charge in [-0.2, -0.15) is 0 Å². The highest BCUT2D eigenvalue weighted by Crippen LogP contribution is 2.48. The summed E-state index contributed by atoms with van der Waals surface area (Å²) in [7, 11) is 1.74. The van der Waals surface area contributed by atoms with E-state index in [2.05, 4.69) is 41.7 Å². The zero-order chi connectivity index (χ0) is 29.5. The molecule has 4 aromatic rings. The van der Waals surface area contributed by atoms with E-state index in [1.54, 1.807) is 23.7 Å². The van der Waals surface area contributed by atoms with Gasteiger partial charge in [-0.25, -0.2) is 4.79 Å². The number of hydrogen-bond acceptors (Lipinski definition) is 4. The zero-order valence-electron chi connectivity index (χ0n) is 24.3. The first-order valence-electron chi connectivity index (χ1n) is 13.7. The monoisotopic (exact) mass is 566 g/mol. The van der Waals surface area contributed by atoms with Crippen LogP contribution in [0.4, 0.5) is 10.5 Å². The number of nitrogens with one attached hydrogen (secondary N) is 1.